The fraction of sp³-hybridized carbons (Fsp3) is 0.231. The van der Waals surface area contributed by atoms with Crippen LogP contribution in [0.3, 0.4) is 0 Å². The molecular formula is C26H24N2O4. The molecule has 1 aliphatic rings. The second-order valence-corrected chi connectivity index (χ2v) is 7.75. The van der Waals surface area contributed by atoms with E-state index < -0.39 is 18.3 Å². The Morgan fingerprint density at radius 3 is 2.22 bits per heavy atom. The molecule has 0 aliphatic heterocycles. The van der Waals surface area contributed by atoms with Crippen molar-refractivity contribution in [3.8, 4) is 17.2 Å². The molecule has 32 heavy (non-hydrogen) atoms. The third kappa shape index (κ3) is 4.35. The van der Waals surface area contributed by atoms with Crippen molar-refractivity contribution >= 4 is 6.09 Å². The molecule has 0 bridgehead atoms. The number of amides is 1. The second-order valence-electron chi connectivity index (χ2n) is 7.75. The van der Waals surface area contributed by atoms with Gasteiger partial charge in [0.05, 0.1) is 12.5 Å². The van der Waals surface area contributed by atoms with Crippen molar-refractivity contribution in [2.24, 2.45) is 0 Å². The van der Waals surface area contributed by atoms with Gasteiger partial charge in [-0.25, -0.2) is 4.79 Å². The number of ether oxygens (including phenoxy) is 1. The predicted octanol–water partition coefficient (Wildman–Crippen LogP) is 3.69. The first-order valence-corrected chi connectivity index (χ1v) is 10.5. The zero-order chi connectivity index (χ0) is 22.5. The molecule has 6 heteroatoms. The summed E-state index contributed by atoms with van der Waals surface area (Å²) >= 11 is 0. The van der Waals surface area contributed by atoms with Crippen LogP contribution < -0.4 is 5.32 Å². The molecule has 0 saturated carbocycles. The van der Waals surface area contributed by atoms with Gasteiger partial charge >= 0.3 is 6.09 Å². The van der Waals surface area contributed by atoms with E-state index in [1.54, 1.807) is 24.3 Å². The van der Waals surface area contributed by atoms with Gasteiger partial charge in [0.15, 0.2) is 0 Å². The standard InChI is InChI=1S/C26H24N2O4/c27-14-13-17-7-1-2-8-18(17)25(30)24(29)15-28-26(31)32-16-23-21-11-5-3-9-19(21)20-10-4-6-12-22(20)23/h1-12,23-25,29-30H,13,15-16H2,(H,28,31). The quantitative estimate of drug-likeness (QED) is 0.533. The van der Waals surface area contributed by atoms with Crippen molar-refractivity contribution < 1.29 is 19.7 Å². The highest BCUT2D eigenvalue weighted by Gasteiger charge is 2.29. The van der Waals surface area contributed by atoms with Gasteiger partial charge in [-0.15, -0.1) is 0 Å². The minimum atomic E-state index is -1.24. The Hall–Kier alpha value is -3.66. The van der Waals surface area contributed by atoms with Crippen LogP contribution in [0.25, 0.3) is 11.1 Å². The average molecular weight is 428 g/mol. The van der Waals surface area contributed by atoms with Crippen molar-refractivity contribution in [1.82, 2.24) is 5.32 Å². The average Bonchev–Trinajstić information content (AvgIpc) is 3.15. The Bertz CT molecular complexity index is 1110. The number of nitrogens with one attached hydrogen (secondary N) is 1. The number of aliphatic hydroxyl groups excluding tert-OH is 2. The van der Waals surface area contributed by atoms with Gasteiger partial charge in [0.25, 0.3) is 0 Å². The molecule has 3 aromatic carbocycles. The predicted molar refractivity (Wildman–Crippen MR) is 120 cm³/mol. The maximum Gasteiger partial charge on any atom is 0.407 e. The molecule has 1 aliphatic carbocycles. The van der Waals surface area contributed by atoms with Crippen LogP contribution in [0.15, 0.2) is 72.8 Å². The molecule has 0 aromatic heterocycles. The zero-order valence-corrected chi connectivity index (χ0v) is 17.4. The molecule has 0 heterocycles. The fourth-order valence-corrected chi connectivity index (χ4v) is 4.23. The monoisotopic (exact) mass is 428 g/mol. The van der Waals surface area contributed by atoms with Crippen LogP contribution in [0.1, 0.15) is 34.3 Å². The molecule has 2 unspecified atom stereocenters. The highest BCUT2D eigenvalue weighted by atomic mass is 16.5. The highest BCUT2D eigenvalue weighted by Crippen LogP contribution is 2.44. The van der Waals surface area contributed by atoms with Gasteiger partial charge in [-0.1, -0.05) is 72.8 Å². The summed E-state index contributed by atoms with van der Waals surface area (Å²) < 4.78 is 5.45. The van der Waals surface area contributed by atoms with Crippen molar-refractivity contribution in [1.29, 1.82) is 5.26 Å². The van der Waals surface area contributed by atoms with Crippen LogP contribution >= 0.6 is 0 Å². The first-order chi connectivity index (χ1) is 15.6. The number of nitriles is 1. The molecule has 3 aromatic rings. The number of rotatable bonds is 7. The Morgan fingerprint density at radius 1 is 0.969 bits per heavy atom. The summed E-state index contributed by atoms with van der Waals surface area (Å²) in [6.07, 6.45) is -3.01. The maximum atomic E-state index is 12.3. The summed E-state index contributed by atoms with van der Waals surface area (Å²) in [5.74, 6) is -0.0541. The second kappa shape index (κ2) is 9.65. The fourth-order valence-electron chi connectivity index (χ4n) is 4.23. The lowest BCUT2D eigenvalue weighted by molar-refractivity contribution is 0.0181. The summed E-state index contributed by atoms with van der Waals surface area (Å²) in [5, 5.41) is 32.3. The van der Waals surface area contributed by atoms with Crippen molar-refractivity contribution in [2.75, 3.05) is 13.2 Å². The molecule has 162 valence electrons. The maximum absolute atomic E-state index is 12.3. The van der Waals surface area contributed by atoms with Crippen LogP contribution in [0.2, 0.25) is 0 Å². The number of carbonyl (C=O) groups is 1. The summed E-state index contributed by atoms with van der Waals surface area (Å²) in [5.41, 5.74) is 5.63. The minimum Gasteiger partial charge on any atom is -0.449 e. The molecule has 6 nitrogen and oxygen atoms in total. The van der Waals surface area contributed by atoms with E-state index in [9.17, 15) is 15.0 Å². The van der Waals surface area contributed by atoms with E-state index in [1.165, 1.54) is 0 Å². The summed E-state index contributed by atoms with van der Waals surface area (Å²) in [6.45, 7) is -0.0117. The number of carbonyl (C=O) groups excluding carboxylic acids is 1. The van der Waals surface area contributed by atoms with Crippen LogP contribution in [0.4, 0.5) is 4.79 Å². The van der Waals surface area contributed by atoms with E-state index in [0.717, 1.165) is 22.3 Å². The van der Waals surface area contributed by atoms with E-state index in [4.69, 9.17) is 10.00 Å². The van der Waals surface area contributed by atoms with Gasteiger partial charge in [0, 0.05) is 12.5 Å². The van der Waals surface area contributed by atoms with Gasteiger partial charge < -0.3 is 20.3 Å². The molecule has 0 spiro atoms. The summed E-state index contributed by atoms with van der Waals surface area (Å²) in [6, 6.07) is 25.1. The number of alkyl carbamates (subject to hydrolysis) is 1. The number of hydrogen-bond donors (Lipinski definition) is 3. The van der Waals surface area contributed by atoms with Crippen LogP contribution in [0, 0.1) is 11.3 Å². The van der Waals surface area contributed by atoms with Gasteiger partial charge in [-0.05, 0) is 33.4 Å². The summed E-state index contributed by atoms with van der Waals surface area (Å²) in [7, 11) is 0. The Balaban J connectivity index is 1.35. The van der Waals surface area contributed by atoms with Gasteiger partial charge in [0.2, 0.25) is 0 Å². The third-order valence-corrected chi connectivity index (χ3v) is 5.81. The van der Waals surface area contributed by atoms with Crippen molar-refractivity contribution in [3.05, 3.63) is 95.1 Å². The summed E-state index contributed by atoms with van der Waals surface area (Å²) in [4.78, 5) is 12.3. The first-order valence-electron chi connectivity index (χ1n) is 10.5. The lowest BCUT2D eigenvalue weighted by Gasteiger charge is -2.21. The third-order valence-electron chi connectivity index (χ3n) is 5.81. The highest BCUT2D eigenvalue weighted by molar-refractivity contribution is 5.79. The molecule has 0 fully saturated rings. The van der Waals surface area contributed by atoms with E-state index in [1.807, 2.05) is 42.5 Å². The molecule has 2 atom stereocenters. The van der Waals surface area contributed by atoms with E-state index in [-0.39, 0.29) is 25.5 Å². The number of hydrogen-bond acceptors (Lipinski definition) is 5. The molecule has 0 radical (unpaired) electrons. The molecule has 1 amide bonds. The van der Waals surface area contributed by atoms with Crippen LogP contribution in [-0.2, 0) is 11.2 Å². The number of benzene rings is 3. The first kappa shape index (κ1) is 21.6. The lowest BCUT2D eigenvalue weighted by Crippen LogP contribution is -2.36. The van der Waals surface area contributed by atoms with Crippen molar-refractivity contribution in [3.63, 3.8) is 0 Å². The molecule has 3 N–H and O–H groups in total. The zero-order valence-electron chi connectivity index (χ0n) is 17.4. The Labute approximate surface area is 186 Å². The Kier molecular flexibility index (Phi) is 6.50. The lowest BCUT2D eigenvalue weighted by atomic mass is 9.97. The van der Waals surface area contributed by atoms with Gasteiger partial charge in [-0.2, -0.15) is 5.26 Å². The number of nitrogens with zero attached hydrogens (tertiary/aromatic N) is 1. The topological polar surface area (TPSA) is 103 Å². The van der Waals surface area contributed by atoms with Crippen molar-refractivity contribution in [2.45, 2.75) is 24.5 Å². The van der Waals surface area contributed by atoms with E-state index in [2.05, 4.69) is 17.4 Å². The number of fused-ring (bicyclic) bond motifs is 3. The normalized spacial score (nSPS) is 14.0. The van der Waals surface area contributed by atoms with Crippen LogP contribution in [0.5, 0.6) is 0 Å². The molecule has 4 rings (SSSR count). The largest absolute Gasteiger partial charge is 0.449 e. The Morgan fingerprint density at radius 2 is 1.56 bits per heavy atom. The SMILES string of the molecule is N#CCc1ccccc1C(O)C(O)CNC(=O)OCC1c2ccccc2-c2ccccc21. The minimum absolute atomic E-state index is 0.0541. The molecule has 0 saturated heterocycles. The van der Waals surface area contributed by atoms with Gasteiger partial charge in [0.1, 0.15) is 18.8 Å². The number of aliphatic hydroxyl groups is 2. The van der Waals surface area contributed by atoms with E-state index in [0.29, 0.717) is 11.1 Å². The molecular weight excluding hydrogens is 404 g/mol. The smallest absolute Gasteiger partial charge is 0.407 e. The van der Waals surface area contributed by atoms with E-state index >= 15 is 0 Å². The van der Waals surface area contributed by atoms with Crippen LogP contribution in [-0.4, -0.2) is 35.6 Å². The van der Waals surface area contributed by atoms with Gasteiger partial charge in [-0.3, -0.25) is 0 Å².